The van der Waals surface area contributed by atoms with Crippen LogP contribution in [0, 0.1) is 20.2 Å². The van der Waals surface area contributed by atoms with E-state index in [0.29, 0.717) is 4.47 Å². The second kappa shape index (κ2) is 7.49. The summed E-state index contributed by atoms with van der Waals surface area (Å²) in [5.41, 5.74) is 2.85. The van der Waals surface area contributed by atoms with Crippen molar-refractivity contribution in [3.8, 4) is 0 Å². The molecule has 0 heterocycles. The molecule has 0 aliphatic heterocycles. The number of nitro benzene ring substituents is 2. The Morgan fingerprint density at radius 3 is 1.92 bits per heavy atom. The van der Waals surface area contributed by atoms with E-state index < -0.39 is 33.0 Å². The molecular formula is C14H9BrN4O6. The van der Waals surface area contributed by atoms with E-state index in [2.05, 4.69) is 26.8 Å². The molecule has 2 rings (SSSR count). The summed E-state index contributed by atoms with van der Waals surface area (Å²) in [6.45, 7) is 0. The zero-order chi connectivity index (χ0) is 18.6. The lowest BCUT2D eigenvalue weighted by Gasteiger charge is -2.08. The number of amides is 2. The van der Waals surface area contributed by atoms with Crippen molar-refractivity contribution >= 4 is 39.1 Å². The summed E-state index contributed by atoms with van der Waals surface area (Å²) >= 11 is 3.18. The molecule has 0 spiro atoms. The first-order valence-corrected chi connectivity index (χ1v) is 7.38. The van der Waals surface area contributed by atoms with Crippen molar-refractivity contribution < 1.29 is 19.4 Å². The van der Waals surface area contributed by atoms with Crippen LogP contribution in [0.2, 0.25) is 0 Å². The minimum Gasteiger partial charge on any atom is -0.267 e. The maximum atomic E-state index is 12.0. The Balaban J connectivity index is 2.18. The lowest BCUT2D eigenvalue weighted by Crippen LogP contribution is -2.41. The average molecular weight is 409 g/mol. The molecule has 0 bridgehead atoms. The molecule has 2 N–H and O–H groups in total. The largest absolute Gasteiger partial charge is 0.277 e. The molecule has 0 atom stereocenters. The maximum Gasteiger partial charge on any atom is 0.277 e. The third-order valence-corrected chi connectivity index (χ3v) is 3.69. The first-order valence-electron chi connectivity index (χ1n) is 6.58. The highest BCUT2D eigenvalue weighted by Gasteiger charge is 2.20. The van der Waals surface area contributed by atoms with Crippen molar-refractivity contribution in [1.29, 1.82) is 0 Å². The smallest absolute Gasteiger partial charge is 0.267 e. The average Bonchev–Trinajstić information content (AvgIpc) is 2.59. The molecule has 25 heavy (non-hydrogen) atoms. The molecule has 2 amide bonds. The van der Waals surface area contributed by atoms with Crippen molar-refractivity contribution in [2.24, 2.45) is 0 Å². The fraction of sp³-hybridized carbons (Fsp3) is 0. The van der Waals surface area contributed by atoms with Gasteiger partial charge in [-0.3, -0.25) is 40.7 Å². The highest BCUT2D eigenvalue weighted by molar-refractivity contribution is 9.10. The highest BCUT2D eigenvalue weighted by Crippen LogP contribution is 2.22. The summed E-state index contributed by atoms with van der Waals surface area (Å²) in [5, 5.41) is 21.6. The number of non-ortho nitro benzene ring substituents is 2. The van der Waals surface area contributed by atoms with Crippen molar-refractivity contribution in [2.45, 2.75) is 0 Å². The van der Waals surface area contributed by atoms with Crippen LogP contribution >= 0.6 is 15.9 Å². The van der Waals surface area contributed by atoms with Crippen LogP contribution in [-0.2, 0) is 0 Å². The van der Waals surface area contributed by atoms with Crippen molar-refractivity contribution in [2.75, 3.05) is 0 Å². The number of rotatable bonds is 4. The standard InChI is InChI=1S/C14H9BrN4O6/c15-12-4-2-1-3-11(12)14(21)17-16-13(20)8-5-9(18(22)23)7-10(6-8)19(24)25/h1-7H,(H,16,20)(H,17,21). The van der Waals surface area contributed by atoms with Gasteiger partial charge in [-0.1, -0.05) is 12.1 Å². The number of carbonyl (C=O) groups excluding carboxylic acids is 2. The zero-order valence-electron chi connectivity index (χ0n) is 12.3. The Kier molecular flexibility index (Phi) is 5.39. The van der Waals surface area contributed by atoms with Gasteiger partial charge in [0, 0.05) is 16.6 Å². The molecule has 10 nitrogen and oxygen atoms in total. The Labute approximate surface area is 148 Å². The molecule has 2 aromatic rings. The lowest BCUT2D eigenvalue weighted by molar-refractivity contribution is -0.394. The van der Waals surface area contributed by atoms with Crippen LogP contribution in [0.1, 0.15) is 20.7 Å². The van der Waals surface area contributed by atoms with Gasteiger partial charge in [-0.15, -0.1) is 0 Å². The first kappa shape index (κ1) is 18.0. The summed E-state index contributed by atoms with van der Waals surface area (Å²) in [6, 6.07) is 8.91. The van der Waals surface area contributed by atoms with Gasteiger partial charge < -0.3 is 0 Å². The number of hydrogen-bond donors (Lipinski definition) is 2. The van der Waals surface area contributed by atoms with Gasteiger partial charge in [0.15, 0.2) is 0 Å². The SMILES string of the molecule is O=C(NNC(=O)c1ccccc1Br)c1cc([N+](=O)[O-])cc([N+](=O)[O-])c1. The van der Waals surface area contributed by atoms with Crippen LogP contribution in [0.25, 0.3) is 0 Å². The molecule has 11 heteroatoms. The third-order valence-electron chi connectivity index (χ3n) is 2.99. The van der Waals surface area contributed by atoms with E-state index in [1.54, 1.807) is 18.2 Å². The summed E-state index contributed by atoms with van der Waals surface area (Å²) < 4.78 is 0.493. The number of hydrazine groups is 1. The predicted octanol–water partition coefficient (Wildman–Crippen LogP) is 2.34. The minimum atomic E-state index is -0.938. The predicted molar refractivity (Wildman–Crippen MR) is 88.8 cm³/mol. The van der Waals surface area contributed by atoms with Crippen LogP contribution < -0.4 is 10.9 Å². The van der Waals surface area contributed by atoms with E-state index in [1.165, 1.54) is 6.07 Å². The fourth-order valence-corrected chi connectivity index (χ4v) is 2.30. The first-order chi connectivity index (χ1) is 11.8. The Bertz CT molecular complexity index is 853. The molecule has 0 aromatic heterocycles. The molecule has 0 fully saturated rings. The number of benzene rings is 2. The summed E-state index contributed by atoms with van der Waals surface area (Å²) in [4.78, 5) is 43.9. The molecule has 128 valence electrons. The quantitative estimate of drug-likeness (QED) is 0.586. The molecule has 0 saturated heterocycles. The number of nitro groups is 2. The zero-order valence-corrected chi connectivity index (χ0v) is 13.8. The Hall–Kier alpha value is -3.34. The Morgan fingerprint density at radius 2 is 1.40 bits per heavy atom. The topological polar surface area (TPSA) is 144 Å². The summed E-state index contributed by atoms with van der Waals surface area (Å²) in [6.07, 6.45) is 0. The number of nitrogens with zero attached hydrogens (tertiary/aromatic N) is 2. The number of hydrogen-bond acceptors (Lipinski definition) is 6. The van der Waals surface area contributed by atoms with E-state index in [4.69, 9.17) is 0 Å². The van der Waals surface area contributed by atoms with Gasteiger partial charge in [0.05, 0.1) is 27.0 Å². The van der Waals surface area contributed by atoms with Crippen molar-refractivity contribution in [1.82, 2.24) is 10.9 Å². The number of halogens is 1. The van der Waals surface area contributed by atoms with Crippen molar-refractivity contribution in [3.63, 3.8) is 0 Å². The van der Waals surface area contributed by atoms with Gasteiger partial charge in [-0.25, -0.2) is 0 Å². The number of carbonyl (C=O) groups is 2. The fourth-order valence-electron chi connectivity index (χ4n) is 1.84. The van der Waals surface area contributed by atoms with E-state index >= 15 is 0 Å². The van der Waals surface area contributed by atoms with E-state index in [0.717, 1.165) is 18.2 Å². The maximum absolute atomic E-state index is 12.0. The van der Waals surface area contributed by atoms with Crippen LogP contribution in [0.3, 0.4) is 0 Å². The third kappa shape index (κ3) is 4.35. The summed E-state index contributed by atoms with van der Waals surface area (Å²) in [7, 11) is 0. The minimum absolute atomic E-state index is 0.243. The normalized spacial score (nSPS) is 9.96. The van der Waals surface area contributed by atoms with Gasteiger partial charge in [-0.05, 0) is 28.1 Å². The van der Waals surface area contributed by atoms with Crippen LogP contribution in [0.15, 0.2) is 46.9 Å². The van der Waals surface area contributed by atoms with Crippen molar-refractivity contribution in [3.05, 3.63) is 78.3 Å². The van der Waals surface area contributed by atoms with Gasteiger partial charge in [0.1, 0.15) is 0 Å². The van der Waals surface area contributed by atoms with Gasteiger partial charge in [0.2, 0.25) is 0 Å². The molecule has 0 saturated carbocycles. The molecular weight excluding hydrogens is 400 g/mol. The lowest BCUT2D eigenvalue weighted by atomic mass is 10.1. The van der Waals surface area contributed by atoms with E-state index in [-0.39, 0.29) is 11.1 Å². The van der Waals surface area contributed by atoms with Gasteiger partial charge in [-0.2, -0.15) is 0 Å². The van der Waals surface area contributed by atoms with Crippen LogP contribution in [0.5, 0.6) is 0 Å². The Morgan fingerprint density at radius 1 is 0.880 bits per heavy atom. The van der Waals surface area contributed by atoms with Gasteiger partial charge >= 0.3 is 0 Å². The second-order valence-corrected chi connectivity index (χ2v) is 5.49. The van der Waals surface area contributed by atoms with Crippen LogP contribution in [0.4, 0.5) is 11.4 Å². The number of nitrogens with one attached hydrogen (secondary N) is 2. The van der Waals surface area contributed by atoms with Crippen LogP contribution in [-0.4, -0.2) is 21.7 Å². The monoisotopic (exact) mass is 408 g/mol. The second-order valence-electron chi connectivity index (χ2n) is 4.64. The van der Waals surface area contributed by atoms with E-state index in [9.17, 15) is 29.8 Å². The highest BCUT2D eigenvalue weighted by atomic mass is 79.9. The molecule has 0 radical (unpaired) electrons. The van der Waals surface area contributed by atoms with E-state index in [1.807, 2.05) is 0 Å². The molecule has 2 aromatic carbocycles. The van der Waals surface area contributed by atoms with Gasteiger partial charge in [0.25, 0.3) is 23.2 Å². The molecule has 0 unspecified atom stereocenters. The molecule has 0 aliphatic carbocycles. The summed E-state index contributed by atoms with van der Waals surface area (Å²) in [5.74, 6) is -1.58. The molecule has 0 aliphatic rings.